The molecule has 1 aromatic heterocycles. The first kappa shape index (κ1) is 18.4. The van der Waals surface area contributed by atoms with Gasteiger partial charge in [0.05, 0.1) is 0 Å². The molecule has 0 saturated carbocycles. The first-order chi connectivity index (χ1) is 13.6. The number of hydrogen-bond acceptors (Lipinski definition) is 1. The van der Waals surface area contributed by atoms with Crippen LogP contribution in [-0.4, -0.2) is 28.9 Å². The van der Waals surface area contributed by atoms with Crippen LogP contribution in [0.3, 0.4) is 0 Å². The number of benzene rings is 2. The van der Waals surface area contributed by atoms with E-state index >= 15 is 0 Å². The van der Waals surface area contributed by atoms with Crippen LogP contribution in [0.1, 0.15) is 41.2 Å². The number of hydrogen-bond donors (Lipinski definition) is 1. The summed E-state index contributed by atoms with van der Waals surface area (Å²) in [4.78, 5) is 18.0. The van der Waals surface area contributed by atoms with Crippen molar-refractivity contribution in [2.24, 2.45) is 0 Å². The third-order valence-corrected chi connectivity index (χ3v) is 5.39. The van der Waals surface area contributed by atoms with Crippen LogP contribution in [0.5, 0.6) is 0 Å². The van der Waals surface area contributed by atoms with Crippen molar-refractivity contribution in [1.82, 2.24) is 9.88 Å². The quantitative estimate of drug-likeness (QED) is 0.651. The Labute approximate surface area is 163 Å². The van der Waals surface area contributed by atoms with Crippen LogP contribution in [0.4, 0.5) is 8.78 Å². The van der Waals surface area contributed by atoms with Crippen LogP contribution in [0.15, 0.2) is 60.8 Å². The molecule has 1 fully saturated rings. The minimum Gasteiger partial charge on any atom is -0.357 e. The largest absolute Gasteiger partial charge is 0.357 e. The zero-order valence-corrected chi connectivity index (χ0v) is 15.5. The zero-order chi connectivity index (χ0) is 19.5. The summed E-state index contributed by atoms with van der Waals surface area (Å²) in [7, 11) is 0. The van der Waals surface area contributed by atoms with Crippen LogP contribution < -0.4 is 0 Å². The highest BCUT2D eigenvalue weighted by Crippen LogP contribution is 2.28. The summed E-state index contributed by atoms with van der Waals surface area (Å²) in [5, 5.41) is 0. The maximum absolute atomic E-state index is 13.2. The van der Waals surface area contributed by atoms with Crippen LogP contribution in [0.2, 0.25) is 0 Å². The van der Waals surface area contributed by atoms with Crippen molar-refractivity contribution in [3.63, 3.8) is 0 Å². The van der Waals surface area contributed by atoms with Crippen molar-refractivity contribution in [3.8, 4) is 11.1 Å². The van der Waals surface area contributed by atoms with E-state index in [9.17, 15) is 13.6 Å². The van der Waals surface area contributed by atoms with E-state index in [1.165, 1.54) is 24.3 Å². The topological polar surface area (TPSA) is 36.1 Å². The second-order valence-electron chi connectivity index (χ2n) is 7.30. The van der Waals surface area contributed by atoms with Gasteiger partial charge in [-0.15, -0.1) is 0 Å². The number of nitrogens with zero attached hydrogens (tertiary/aromatic N) is 1. The van der Waals surface area contributed by atoms with E-state index in [0.717, 1.165) is 36.0 Å². The number of likely N-dealkylation sites (tertiary alicyclic amines) is 1. The molecule has 1 unspecified atom stereocenters. The zero-order valence-electron chi connectivity index (χ0n) is 15.5. The molecule has 3 nitrogen and oxygen atoms in total. The minimum absolute atomic E-state index is 0.0395. The third kappa shape index (κ3) is 3.98. The summed E-state index contributed by atoms with van der Waals surface area (Å²) in [5.41, 5.74) is 3.31. The van der Waals surface area contributed by atoms with Crippen molar-refractivity contribution in [3.05, 3.63) is 83.7 Å². The lowest BCUT2D eigenvalue weighted by molar-refractivity contribution is 0.0749. The molecule has 3 aromatic rings. The second-order valence-corrected chi connectivity index (χ2v) is 7.30. The molecule has 1 N–H and O–H groups in total. The summed E-state index contributed by atoms with van der Waals surface area (Å²) in [6.07, 6.45) is 4.75. The molecular weight excluding hydrogens is 358 g/mol. The van der Waals surface area contributed by atoms with E-state index in [2.05, 4.69) is 4.98 Å². The number of aromatic amines is 1. The standard InChI is InChI=1S/C23H22F2N2O/c24-20-8-4-16(5-9-20)18-3-1-2-12-27(15-18)23(28)22-13-19(14-26-22)17-6-10-21(25)11-7-17/h4-11,13-14,18,26H,1-3,12,15H2. The predicted octanol–water partition coefficient (Wildman–Crippen LogP) is 5.37. The van der Waals surface area contributed by atoms with Gasteiger partial charge in [0.25, 0.3) is 5.91 Å². The number of nitrogens with one attached hydrogen (secondary N) is 1. The number of carbonyl (C=O) groups excluding carboxylic acids is 1. The summed E-state index contributed by atoms with van der Waals surface area (Å²) < 4.78 is 26.4. The van der Waals surface area contributed by atoms with E-state index in [-0.39, 0.29) is 23.5 Å². The Morgan fingerprint density at radius 3 is 2.32 bits per heavy atom. The van der Waals surface area contributed by atoms with Crippen LogP contribution in [-0.2, 0) is 0 Å². The Balaban J connectivity index is 1.52. The fourth-order valence-corrected chi connectivity index (χ4v) is 3.83. The Hall–Kier alpha value is -2.95. The molecule has 0 spiro atoms. The van der Waals surface area contributed by atoms with E-state index in [4.69, 9.17) is 0 Å². The lowest BCUT2D eigenvalue weighted by atomic mass is 9.94. The monoisotopic (exact) mass is 380 g/mol. The fraction of sp³-hybridized carbons (Fsp3) is 0.261. The van der Waals surface area contributed by atoms with Crippen molar-refractivity contribution >= 4 is 5.91 Å². The van der Waals surface area contributed by atoms with Gasteiger partial charge in [-0.05, 0) is 59.9 Å². The van der Waals surface area contributed by atoms with E-state index < -0.39 is 0 Å². The number of rotatable bonds is 3. The molecule has 1 atom stereocenters. The minimum atomic E-state index is -0.285. The summed E-state index contributed by atoms with van der Waals surface area (Å²) in [6.45, 7) is 1.33. The lowest BCUT2D eigenvalue weighted by Crippen LogP contribution is -2.34. The van der Waals surface area contributed by atoms with Gasteiger partial charge in [0, 0.05) is 25.2 Å². The molecule has 4 rings (SSSR count). The van der Waals surface area contributed by atoms with Crippen molar-refractivity contribution in [2.45, 2.75) is 25.2 Å². The normalized spacial score (nSPS) is 17.4. The average Bonchev–Trinajstić information content (AvgIpc) is 3.07. The van der Waals surface area contributed by atoms with Crippen LogP contribution in [0, 0.1) is 11.6 Å². The molecule has 28 heavy (non-hydrogen) atoms. The first-order valence-electron chi connectivity index (χ1n) is 9.59. The van der Waals surface area contributed by atoms with Gasteiger partial charge in [0.1, 0.15) is 17.3 Å². The molecule has 144 valence electrons. The van der Waals surface area contributed by atoms with Gasteiger partial charge >= 0.3 is 0 Å². The Morgan fingerprint density at radius 2 is 1.61 bits per heavy atom. The van der Waals surface area contributed by atoms with Crippen LogP contribution in [0.25, 0.3) is 11.1 Å². The summed E-state index contributed by atoms with van der Waals surface area (Å²) in [6, 6.07) is 14.6. The van der Waals surface area contributed by atoms with E-state index in [1.807, 2.05) is 23.1 Å². The second kappa shape index (κ2) is 7.97. The van der Waals surface area contributed by atoms with Crippen molar-refractivity contribution < 1.29 is 13.6 Å². The van der Waals surface area contributed by atoms with Crippen molar-refractivity contribution in [2.75, 3.05) is 13.1 Å². The lowest BCUT2D eigenvalue weighted by Gasteiger charge is -2.24. The highest BCUT2D eigenvalue weighted by molar-refractivity contribution is 5.94. The molecule has 0 aliphatic carbocycles. The molecule has 0 bridgehead atoms. The molecule has 2 heterocycles. The number of H-pyrrole nitrogens is 1. The van der Waals surface area contributed by atoms with E-state index in [0.29, 0.717) is 18.8 Å². The SMILES string of the molecule is O=C(c1cc(-c2ccc(F)cc2)c[nH]1)N1CCCCC(c2ccc(F)cc2)C1. The van der Waals surface area contributed by atoms with E-state index in [1.54, 1.807) is 18.3 Å². The molecule has 1 aliphatic heterocycles. The molecule has 1 saturated heterocycles. The fourth-order valence-electron chi connectivity index (χ4n) is 3.83. The van der Waals surface area contributed by atoms with Gasteiger partial charge in [0.2, 0.25) is 0 Å². The van der Waals surface area contributed by atoms with Crippen molar-refractivity contribution in [1.29, 1.82) is 0 Å². The van der Waals surface area contributed by atoms with Gasteiger partial charge in [-0.3, -0.25) is 4.79 Å². The predicted molar refractivity (Wildman–Crippen MR) is 105 cm³/mol. The highest BCUT2D eigenvalue weighted by atomic mass is 19.1. The maximum Gasteiger partial charge on any atom is 0.270 e. The van der Waals surface area contributed by atoms with Crippen LogP contribution >= 0.6 is 0 Å². The van der Waals surface area contributed by atoms with Gasteiger partial charge in [-0.25, -0.2) is 8.78 Å². The Kier molecular flexibility index (Phi) is 5.24. The molecule has 2 aromatic carbocycles. The Bertz CT molecular complexity index is 947. The third-order valence-electron chi connectivity index (χ3n) is 5.39. The smallest absolute Gasteiger partial charge is 0.270 e. The first-order valence-corrected chi connectivity index (χ1v) is 9.59. The van der Waals surface area contributed by atoms with Gasteiger partial charge < -0.3 is 9.88 Å². The molecular formula is C23H22F2N2O. The number of amides is 1. The van der Waals surface area contributed by atoms with Gasteiger partial charge in [0.15, 0.2) is 0 Å². The number of carbonyl (C=O) groups is 1. The molecule has 1 aliphatic rings. The summed E-state index contributed by atoms with van der Waals surface area (Å²) >= 11 is 0. The molecule has 1 amide bonds. The highest BCUT2D eigenvalue weighted by Gasteiger charge is 2.25. The number of halogens is 2. The van der Waals surface area contributed by atoms with Gasteiger partial charge in [-0.2, -0.15) is 0 Å². The Morgan fingerprint density at radius 1 is 0.929 bits per heavy atom. The summed E-state index contributed by atoms with van der Waals surface area (Å²) in [5.74, 6) is -0.363. The maximum atomic E-state index is 13.2. The average molecular weight is 380 g/mol. The molecule has 0 radical (unpaired) electrons. The number of aromatic nitrogens is 1. The van der Waals surface area contributed by atoms with Gasteiger partial charge in [-0.1, -0.05) is 30.7 Å². The molecule has 5 heteroatoms.